The molecule has 0 bridgehead atoms. The summed E-state index contributed by atoms with van der Waals surface area (Å²) in [5, 5.41) is 26.6. The Balaban J connectivity index is 1.62. The van der Waals surface area contributed by atoms with Gasteiger partial charge in [0.1, 0.15) is 5.84 Å². The molecule has 13 heteroatoms. The van der Waals surface area contributed by atoms with Crippen LogP contribution in [-0.2, 0) is 19.2 Å². The number of hydrogen-bond acceptors (Lipinski definition) is 9. The lowest BCUT2D eigenvalue weighted by molar-refractivity contribution is -0.119. The van der Waals surface area contributed by atoms with Crippen molar-refractivity contribution in [2.45, 2.75) is 39.5 Å². The van der Waals surface area contributed by atoms with Gasteiger partial charge in [0.2, 0.25) is 0 Å². The number of carbonyl (C=O) groups is 8. The summed E-state index contributed by atoms with van der Waals surface area (Å²) in [6.45, 7) is 3.30. The third-order valence-electron chi connectivity index (χ3n) is 8.03. The minimum Gasteiger partial charge on any atom is -0.478 e. The summed E-state index contributed by atoms with van der Waals surface area (Å²) in [7, 11) is 0. The Labute approximate surface area is 273 Å². The number of carboxylic acids is 1. The number of fused-ring (bicyclic) bond motifs is 1. The third kappa shape index (κ3) is 6.20. The van der Waals surface area contributed by atoms with Crippen molar-refractivity contribution < 1.29 is 43.5 Å². The van der Waals surface area contributed by atoms with Gasteiger partial charge >= 0.3 is 5.97 Å². The largest absolute Gasteiger partial charge is 0.478 e. The van der Waals surface area contributed by atoms with Gasteiger partial charge in [-0.1, -0.05) is 38.1 Å². The van der Waals surface area contributed by atoms with E-state index >= 15 is 0 Å². The molecule has 0 aromatic heterocycles. The minimum atomic E-state index is -1.57. The number of rotatable bonds is 10. The van der Waals surface area contributed by atoms with Gasteiger partial charge in [-0.25, -0.2) is 4.79 Å². The van der Waals surface area contributed by atoms with Crippen molar-refractivity contribution in [1.82, 2.24) is 16.0 Å². The number of Topliss-reactive ketones (excluding diaryl/α,β-unsaturated/α-hetero) is 4. The molecule has 3 amide bonds. The highest BCUT2D eigenvalue weighted by molar-refractivity contribution is 6.23. The monoisotopic (exact) mass is 648 g/mol. The number of benzene rings is 2. The zero-order valence-electron chi connectivity index (χ0n) is 25.7. The van der Waals surface area contributed by atoms with Gasteiger partial charge < -0.3 is 15.7 Å². The topological polar surface area (TPSA) is 217 Å². The number of amidine groups is 1. The predicted octanol–water partition coefficient (Wildman–Crippen LogP) is 3.10. The molecule has 13 nitrogen and oxygen atoms in total. The van der Waals surface area contributed by atoms with E-state index in [1.807, 2.05) is 0 Å². The van der Waals surface area contributed by atoms with Crippen molar-refractivity contribution >= 4 is 52.7 Å². The van der Waals surface area contributed by atoms with Crippen molar-refractivity contribution in [1.29, 1.82) is 5.41 Å². The van der Waals surface area contributed by atoms with E-state index in [4.69, 9.17) is 5.41 Å². The lowest BCUT2D eigenvalue weighted by Crippen LogP contribution is -2.35. The molecule has 242 valence electrons. The first-order valence-corrected chi connectivity index (χ1v) is 14.9. The first kappa shape index (κ1) is 33.0. The summed E-state index contributed by atoms with van der Waals surface area (Å²) in [5.74, 6) is -6.04. The Bertz CT molecular complexity index is 2050. The van der Waals surface area contributed by atoms with E-state index in [0.717, 1.165) is 0 Å². The molecule has 0 saturated carbocycles. The average Bonchev–Trinajstić information content (AvgIpc) is 3.36. The summed E-state index contributed by atoms with van der Waals surface area (Å²) in [5.41, 5.74) is -0.833. The Morgan fingerprint density at radius 2 is 1.27 bits per heavy atom. The molecule has 0 spiro atoms. The van der Waals surface area contributed by atoms with Crippen LogP contribution in [0.2, 0.25) is 0 Å². The standard InChI is InChI=1S/C35H28N4O9/c1-3-25(40)17-6-11-23(27(42)14-17)37-31(36)29-21(33(45)38-24-12-7-18(15-28(24)43)26(41)4-2)10-9-19(30(29)35(47)48)16-5-8-20-22(13-16)34(46)39-32(20)44/h5-13H,3-4,14-15H2,1-2H3,(H2,36,37)(H,38,45)(H,47,48)(H,39,44,46). The van der Waals surface area contributed by atoms with Crippen LogP contribution >= 0.6 is 0 Å². The van der Waals surface area contributed by atoms with E-state index in [-0.39, 0.29) is 87.6 Å². The molecule has 0 fully saturated rings. The number of carbonyl (C=O) groups excluding carboxylic acids is 7. The Hall–Kier alpha value is -6.37. The molecule has 5 rings (SSSR count). The first-order valence-electron chi connectivity index (χ1n) is 14.9. The predicted molar refractivity (Wildman–Crippen MR) is 170 cm³/mol. The zero-order valence-corrected chi connectivity index (χ0v) is 25.7. The summed E-state index contributed by atoms with van der Waals surface area (Å²) >= 11 is 0. The van der Waals surface area contributed by atoms with E-state index in [2.05, 4.69) is 16.0 Å². The van der Waals surface area contributed by atoms with E-state index < -0.39 is 52.2 Å². The van der Waals surface area contributed by atoms with Crippen LogP contribution in [0.3, 0.4) is 0 Å². The van der Waals surface area contributed by atoms with E-state index in [9.17, 15) is 43.5 Å². The van der Waals surface area contributed by atoms with Crippen LogP contribution in [0.1, 0.15) is 86.5 Å². The second kappa shape index (κ2) is 13.2. The zero-order chi connectivity index (χ0) is 34.9. The quantitative estimate of drug-likeness (QED) is 0.144. The van der Waals surface area contributed by atoms with Crippen LogP contribution in [0, 0.1) is 5.41 Å². The fraction of sp³-hybridized carbons (Fsp3) is 0.171. The number of nitrogens with one attached hydrogen (secondary N) is 4. The molecular formula is C35H28N4O9. The maximum Gasteiger partial charge on any atom is 0.337 e. The number of aromatic carboxylic acids is 1. The third-order valence-corrected chi connectivity index (χ3v) is 8.03. The van der Waals surface area contributed by atoms with Gasteiger partial charge in [-0.2, -0.15) is 0 Å². The fourth-order valence-corrected chi connectivity index (χ4v) is 5.50. The van der Waals surface area contributed by atoms with Gasteiger partial charge in [-0.15, -0.1) is 0 Å². The summed E-state index contributed by atoms with van der Waals surface area (Å²) in [4.78, 5) is 101. The number of hydrogen-bond donors (Lipinski definition) is 5. The highest BCUT2D eigenvalue weighted by atomic mass is 16.4. The lowest BCUT2D eigenvalue weighted by Gasteiger charge is -2.21. The second-order valence-electron chi connectivity index (χ2n) is 11.0. The normalized spacial score (nSPS) is 15.4. The van der Waals surface area contributed by atoms with Crippen LogP contribution in [-0.4, -0.2) is 57.8 Å². The fourth-order valence-electron chi connectivity index (χ4n) is 5.50. The van der Waals surface area contributed by atoms with Crippen LogP contribution < -0.4 is 16.0 Å². The Morgan fingerprint density at radius 3 is 1.81 bits per heavy atom. The van der Waals surface area contributed by atoms with Gasteiger partial charge in [0, 0.05) is 42.4 Å². The highest BCUT2D eigenvalue weighted by Crippen LogP contribution is 2.32. The van der Waals surface area contributed by atoms with E-state index in [0.29, 0.717) is 0 Å². The summed E-state index contributed by atoms with van der Waals surface area (Å²) in [6, 6.07) is 6.59. The van der Waals surface area contributed by atoms with Crippen molar-refractivity contribution in [2.24, 2.45) is 0 Å². The van der Waals surface area contributed by atoms with Crippen LogP contribution in [0.25, 0.3) is 11.1 Å². The number of ketones is 4. The van der Waals surface area contributed by atoms with Gasteiger partial charge in [0.05, 0.1) is 33.6 Å². The van der Waals surface area contributed by atoms with E-state index in [1.54, 1.807) is 13.8 Å². The molecular weight excluding hydrogens is 620 g/mol. The SMILES string of the molecule is CCC(=O)C1=CC=C(NC(=N)c2c(C(=O)NC3=CC=C(C(=O)CC)CC3=O)ccc(-c3ccc4c(c3)C(=O)NC4=O)c2C(=O)O)C(=O)C1. The molecule has 2 aliphatic carbocycles. The molecule has 48 heavy (non-hydrogen) atoms. The average molecular weight is 649 g/mol. The number of allylic oxidation sites excluding steroid dienone is 8. The van der Waals surface area contributed by atoms with Crippen molar-refractivity contribution in [3.63, 3.8) is 0 Å². The number of carboxylic acid groups (broad SMARTS) is 1. The van der Waals surface area contributed by atoms with E-state index in [1.165, 1.54) is 54.6 Å². The minimum absolute atomic E-state index is 0.00399. The second-order valence-corrected chi connectivity index (χ2v) is 11.0. The van der Waals surface area contributed by atoms with Crippen molar-refractivity contribution in [2.75, 3.05) is 0 Å². The van der Waals surface area contributed by atoms with Crippen LogP contribution in [0.4, 0.5) is 0 Å². The van der Waals surface area contributed by atoms with Gasteiger partial charge in [-0.3, -0.25) is 44.3 Å². The van der Waals surface area contributed by atoms with Gasteiger partial charge in [0.15, 0.2) is 23.1 Å². The molecule has 1 heterocycles. The van der Waals surface area contributed by atoms with Gasteiger partial charge in [-0.05, 0) is 41.5 Å². The summed E-state index contributed by atoms with van der Waals surface area (Å²) < 4.78 is 0. The molecule has 0 saturated heterocycles. The molecule has 1 aliphatic heterocycles. The number of amides is 3. The van der Waals surface area contributed by atoms with Crippen molar-refractivity contribution in [3.05, 3.63) is 105 Å². The van der Waals surface area contributed by atoms with Crippen LogP contribution in [0.15, 0.2) is 77.2 Å². The Kier molecular flexibility index (Phi) is 9.05. The molecule has 0 unspecified atom stereocenters. The smallest absolute Gasteiger partial charge is 0.337 e. The molecule has 2 aromatic carbocycles. The maximum atomic E-state index is 13.7. The first-order chi connectivity index (χ1) is 22.8. The van der Waals surface area contributed by atoms with Crippen LogP contribution in [0.5, 0.6) is 0 Å². The van der Waals surface area contributed by atoms with Gasteiger partial charge in [0.25, 0.3) is 17.7 Å². The maximum absolute atomic E-state index is 13.7. The van der Waals surface area contributed by atoms with Crippen molar-refractivity contribution in [3.8, 4) is 11.1 Å². The highest BCUT2D eigenvalue weighted by Gasteiger charge is 2.32. The Morgan fingerprint density at radius 1 is 0.729 bits per heavy atom. The molecule has 2 aromatic rings. The summed E-state index contributed by atoms with van der Waals surface area (Å²) in [6.07, 6.45) is 5.27. The molecule has 5 N–H and O–H groups in total. The molecule has 3 aliphatic rings. The lowest BCUT2D eigenvalue weighted by atomic mass is 9.89. The molecule has 0 atom stereocenters. The molecule has 0 radical (unpaired) electrons. The number of imide groups is 1.